The first-order valence-corrected chi connectivity index (χ1v) is 17.3. The van der Waals surface area contributed by atoms with E-state index in [1.165, 1.54) is 26.0 Å². The van der Waals surface area contributed by atoms with Crippen molar-refractivity contribution in [1.29, 1.82) is 0 Å². The number of fused-ring (bicyclic) bond motifs is 1. The van der Waals surface area contributed by atoms with Gasteiger partial charge in [-0.25, -0.2) is 4.79 Å². The third kappa shape index (κ3) is 7.06. The highest BCUT2D eigenvalue weighted by Crippen LogP contribution is 2.68. The van der Waals surface area contributed by atoms with Gasteiger partial charge >= 0.3 is 41.8 Å². The minimum atomic E-state index is -2.80. The number of aliphatic hydroxyl groups is 1. The third-order valence-electron chi connectivity index (χ3n) is 10.3. The molecule has 0 aromatic heterocycles. The van der Waals surface area contributed by atoms with Crippen molar-refractivity contribution in [3.63, 3.8) is 0 Å². The molecule has 1 saturated heterocycles. The summed E-state index contributed by atoms with van der Waals surface area (Å²) in [6.45, 7) is 8.59. The van der Waals surface area contributed by atoms with Gasteiger partial charge in [-0.15, -0.1) is 0 Å². The van der Waals surface area contributed by atoms with E-state index in [0.717, 1.165) is 41.5 Å². The topological polar surface area (TPSA) is 231 Å². The lowest BCUT2D eigenvalue weighted by atomic mass is 9.45. The van der Waals surface area contributed by atoms with E-state index in [2.05, 4.69) is 0 Å². The first-order chi connectivity index (χ1) is 25.1. The van der Waals surface area contributed by atoms with Gasteiger partial charge in [0.15, 0.2) is 35.8 Å². The van der Waals surface area contributed by atoms with Crippen LogP contribution in [-0.4, -0.2) is 113 Å². The van der Waals surface area contributed by atoms with Gasteiger partial charge in [0.05, 0.1) is 17.4 Å². The Balaban J connectivity index is 2.16. The van der Waals surface area contributed by atoms with Gasteiger partial charge in [0.25, 0.3) is 0 Å². The highest BCUT2D eigenvalue weighted by atomic mass is 16.7. The third-order valence-corrected chi connectivity index (χ3v) is 10.3. The number of carbonyl (C=O) groups excluding carboxylic acids is 8. The van der Waals surface area contributed by atoms with E-state index in [-0.39, 0.29) is 12.0 Å². The zero-order valence-electron chi connectivity index (χ0n) is 31.5. The maximum atomic E-state index is 15.1. The Morgan fingerprint density at radius 2 is 1.30 bits per heavy atom. The number of Topliss-reactive ketones (excluding diaryl/α,β-unsaturated/α-hetero) is 1. The largest absolute Gasteiger partial charge is 0.465 e. The van der Waals surface area contributed by atoms with Crippen LogP contribution in [0.15, 0.2) is 30.3 Å². The second-order valence-corrected chi connectivity index (χ2v) is 14.2. The number of hydrogen-bond donors (Lipinski definition) is 1. The van der Waals surface area contributed by atoms with Gasteiger partial charge in [-0.1, -0.05) is 32.0 Å². The summed E-state index contributed by atoms with van der Waals surface area (Å²) in [7, 11) is 0. The fraction of sp³-hybridized carbons (Fsp3) is 0.622. The molecule has 2 unspecified atom stereocenters. The molecule has 2 bridgehead atoms. The minimum absolute atomic E-state index is 0.117. The van der Waals surface area contributed by atoms with Crippen LogP contribution >= 0.6 is 0 Å². The molecule has 54 heavy (non-hydrogen) atoms. The first kappa shape index (κ1) is 41.9. The van der Waals surface area contributed by atoms with E-state index < -0.39 is 125 Å². The van der Waals surface area contributed by atoms with Crippen LogP contribution in [0, 0.1) is 17.3 Å². The van der Waals surface area contributed by atoms with Crippen LogP contribution in [0.5, 0.6) is 0 Å². The number of benzene rings is 1. The fourth-order valence-electron chi connectivity index (χ4n) is 8.06. The zero-order valence-corrected chi connectivity index (χ0v) is 31.5. The van der Waals surface area contributed by atoms with Crippen LogP contribution in [0.2, 0.25) is 0 Å². The highest BCUT2D eigenvalue weighted by Gasteiger charge is 2.91. The van der Waals surface area contributed by atoms with Crippen molar-refractivity contribution in [1.82, 2.24) is 0 Å². The van der Waals surface area contributed by atoms with E-state index in [0.29, 0.717) is 0 Å². The van der Waals surface area contributed by atoms with E-state index in [4.69, 9.17) is 37.9 Å². The second kappa shape index (κ2) is 15.5. The average molecular weight is 763 g/mol. The Kier molecular flexibility index (Phi) is 12.0. The van der Waals surface area contributed by atoms with Gasteiger partial charge in [0, 0.05) is 34.6 Å². The van der Waals surface area contributed by atoms with Crippen molar-refractivity contribution < 1.29 is 81.4 Å². The quantitative estimate of drug-likeness (QED) is 0.235. The molecule has 4 rings (SSSR count). The lowest BCUT2D eigenvalue weighted by Crippen LogP contribution is -2.88. The first-order valence-electron chi connectivity index (χ1n) is 17.3. The molecule has 1 aliphatic heterocycles. The summed E-state index contributed by atoms with van der Waals surface area (Å²) in [6, 6.07) is 7.76. The SMILES string of the molecule is CCC(C)C(=O)O[C@H]1[C@H](OC(C)=O)[C@H](OC(C)=O)[C@@]2(COC(C)=O)C(OC(C)=O)C(=O)[C@@H]3[C@@H](OC(C)=O)[C@]2(O[C@@]3(C)COC(=O)c2ccccc2)[C@@]1(C)O. The molecule has 3 fully saturated rings. The van der Waals surface area contributed by atoms with E-state index in [9.17, 15) is 38.7 Å². The number of ether oxygens (including phenoxy) is 8. The standard InChI is InChI=1S/C37H46O17/c1-10-18(2)32(44)53-30-27(49-20(4)39)31(52-23(7)42)36(17-47-19(3)38)29(51-22(6)41)26(43)25-28(50-21(5)40)37(36,35(30,9)46)54-34(25,8)16-48-33(45)24-14-12-11-13-15-24/h11-15,18,25,27-31,46H,10,16-17H2,1-9H3/t18?,25-,27+,28-,29?,30+,31+,34+,35+,36-,37+/m1/s1. The van der Waals surface area contributed by atoms with Gasteiger partial charge in [-0.2, -0.15) is 0 Å². The van der Waals surface area contributed by atoms with Crippen LogP contribution in [0.1, 0.15) is 79.1 Å². The Morgan fingerprint density at radius 1 is 0.741 bits per heavy atom. The van der Waals surface area contributed by atoms with Crippen molar-refractivity contribution in [3.8, 4) is 0 Å². The molecule has 1 aromatic rings. The number of carbonyl (C=O) groups is 8. The molecule has 1 spiro atoms. The Hall–Kier alpha value is -4.90. The van der Waals surface area contributed by atoms with E-state index >= 15 is 4.79 Å². The Labute approximate surface area is 311 Å². The maximum absolute atomic E-state index is 15.1. The van der Waals surface area contributed by atoms with Crippen LogP contribution in [0.25, 0.3) is 0 Å². The fourth-order valence-corrected chi connectivity index (χ4v) is 8.06. The normalized spacial score (nSPS) is 34.3. The molecule has 17 nitrogen and oxygen atoms in total. The molecule has 296 valence electrons. The van der Waals surface area contributed by atoms with Crippen LogP contribution < -0.4 is 0 Å². The lowest BCUT2D eigenvalue weighted by molar-refractivity contribution is -0.376. The van der Waals surface area contributed by atoms with Crippen molar-refractivity contribution in [2.24, 2.45) is 17.3 Å². The second-order valence-electron chi connectivity index (χ2n) is 14.2. The molecule has 11 atom stereocenters. The summed E-state index contributed by atoms with van der Waals surface area (Å²) in [5.74, 6) is -10.6. The summed E-state index contributed by atoms with van der Waals surface area (Å²) in [5, 5.41) is 13.2. The molecule has 17 heteroatoms. The van der Waals surface area contributed by atoms with Crippen LogP contribution in [0.3, 0.4) is 0 Å². The zero-order chi connectivity index (χ0) is 40.6. The molecule has 0 amide bonds. The maximum Gasteiger partial charge on any atom is 0.338 e. The summed E-state index contributed by atoms with van der Waals surface area (Å²) < 4.78 is 46.9. The monoisotopic (exact) mass is 762 g/mol. The summed E-state index contributed by atoms with van der Waals surface area (Å²) in [6.07, 6.45) is -10.1. The molecule has 2 aliphatic carbocycles. The highest BCUT2D eigenvalue weighted by molar-refractivity contribution is 5.94. The molecule has 2 saturated carbocycles. The van der Waals surface area contributed by atoms with Gasteiger partial charge in [0.2, 0.25) is 0 Å². The number of rotatable bonds is 12. The number of esters is 7. The molecule has 1 aromatic carbocycles. The summed E-state index contributed by atoms with van der Waals surface area (Å²) in [5.41, 5.74) is -10.2. The molecule has 1 heterocycles. The minimum Gasteiger partial charge on any atom is -0.465 e. The predicted octanol–water partition coefficient (Wildman–Crippen LogP) is 1.57. The molecular weight excluding hydrogens is 716 g/mol. The molecule has 1 N–H and O–H groups in total. The molecular formula is C37H46O17. The van der Waals surface area contributed by atoms with Crippen molar-refractivity contribution in [2.75, 3.05) is 13.2 Å². The van der Waals surface area contributed by atoms with E-state index in [1.807, 2.05) is 0 Å². The van der Waals surface area contributed by atoms with Crippen molar-refractivity contribution in [2.45, 2.75) is 116 Å². The van der Waals surface area contributed by atoms with Crippen molar-refractivity contribution in [3.05, 3.63) is 35.9 Å². The lowest BCUT2D eigenvalue weighted by Gasteiger charge is -2.66. The summed E-state index contributed by atoms with van der Waals surface area (Å²) in [4.78, 5) is 106. The Morgan fingerprint density at radius 3 is 1.81 bits per heavy atom. The van der Waals surface area contributed by atoms with Gasteiger partial charge in [-0.05, 0) is 32.4 Å². The van der Waals surface area contributed by atoms with Gasteiger partial charge in [-0.3, -0.25) is 33.6 Å². The molecule has 0 radical (unpaired) electrons. The van der Waals surface area contributed by atoms with Crippen LogP contribution in [0.4, 0.5) is 0 Å². The van der Waals surface area contributed by atoms with Gasteiger partial charge < -0.3 is 43.0 Å². The number of hydrogen-bond acceptors (Lipinski definition) is 17. The Bertz CT molecular complexity index is 1690. The van der Waals surface area contributed by atoms with Gasteiger partial charge in [0.1, 0.15) is 35.9 Å². The van der Waals surface area contributed by atoms with E-state index in [1.54, 1.807) is 25.1 Å². The summed E-state index contributed by atoms with van der Waals surface area (Å²) >= 11 is 0. The predicted molar refractivity (Wildman–Crippen MR) is 179 cm³/mol. The molecule has 3 aliphatic rings. The smallest absolute Gasteiger partial charge is 0.338 e. The number of ketones is 1. The van der Waals surface area contributed by atoms with Crippen molar-refractivity contribution >= 4 is 47.6 Å². The van der Waals surface area contributed by atoms with Crippen LogP contribution in [-0.2, 0) is 71.5 Å². The average Bonchev–Trinajstić information content (AvgIpc) is 3.31.